The van der Waals surface area contributed by atoms with Gasteiger partial charge in [-0.2, -0.15) is 0 Å². The lowest BCUT2D eigenvalue weighted by Gasteiger charge is -2.29. The van der Waals surface area contributed by atoms with Crippen molar-refractivity contribution < 1.29 is 9.84 Å². The predicted molar refractivity (Wildman–Crippen MR) is 70.6 cm³/mol. The number of aliphatic hydroxyl groups is 1. The van der Waals surface area contributed by atoms with E-state index in [0.717, 1.165) is 17.7 Å². The van der Waals surface area contributed by atoms with Crippen molar-refractivity contribution in [3.8, 4) is 5.75 Å². The van der Waals surface area contributed by atoms with Gasteiger partial charge in [-0.25, -0.2) is 0 Å². The van der Waals surface area contributed by atoms with Gasteiger partial charge in [0.05, 0.1) is 6.10 Å². The third-order valence-corrected chi connectivity index (χ3v) is 3.36. The first-order valence-corrected chi connectivity index (χ1v) is 6.30. The Balaban J connectivity index is 1.78. The molecule has 0 aliphatic carbocycles. The number of benzene rings is 2. The summed E-state index contributed by atoms with van der Waals surface area (Å²) in [6.45, 7) is 0. The van der Waals surface area contributed by atoms with E-state index >= 15 is 0 Å². The van der Waals surface area contributed by atoms with Crippen molar-refractivity contribution in [3.63, 3.8) is 0 Å². The van der Waals surface area contributed by atoms with Crippen molar-refractivity contribution in [2.24, 2.45) is 0 Å². The van der Waals surface area contributed by atoms with Gasteiger partial charge in [0.15, 0.2) is 0 Å². The fraction of sp³-hybridized carbons (Fsp3) is 0.250. The highest BCUT2D eigenvalue weighted by molar-refractivity contribution is 5.37. The molecule has 0 spiro atoms. The van der Waals surface area contributed by atoms with E-state index in [1.807, 2.05) is 42.5 Å². The number of rotatable bonds is 2. The van der Waals surface area contributed by atoms with Crippen LogP contribution in [0.25, 0.3) is 0 Å². The van der Waals surface area contributed by atoms with E-state index in [1.165, 1.54) is 5.56 Å². The maximum atomic E-state index is 10.1. The molecule has 1 N–H and O–H groups in total. The van der Waals surface area contributed by atoms with Gasteiger partial charge in [-0.05, 0) is 11.6 Å². The Labute approximate surface area is 107 Å². The maximum absolute atomic E-state index is 10.1. The van der Waals surface area contributed by atoms with Crippen LogP contribution in [0, 0.1) is 0 Å². The highest BCUT2D eigenvalue weighted by Gasteiger charge is 2.26. The number of fused-ring (bicyclic) bond motifs is 1. The molecule has 92 valence electrons. The summed E-state index contributed by atoms with van der Waals surface area (Å²) in [5.41, 5.74) is 2.15. The topological polar surface area (TPSA) is 29.5 Å². The monoisotopic (exact) mass is 240 g/mol. The predicted octanol–water partition coefficient (Wildman–Crippen LogP) is 3.11. The molecule has 2 aromatic rings. The molecule has 18 heavy (non-hydrogen) atoms. The summed E-state index contributed by atoms with van der Waals surface area (Å²) >= 11 is 0. The van der Waals surface area contributed by atoms with Gasteiger partial charge in [-0.1, -0.05) is 48.5 Å². The fourth-order valence-electron chi connectivity index (χ4n) is 2.47. The molecule has 0 aromatic heterocycles. The standard InChI is InChI=1S/C16H16O2/c17-15-11-13(10-12-6-2-1-3-7-12)18-16-9-5-4-8-14(15)16/h1-9,13,15,17H,10-11H2/t13-,15+/m1/s1. The molecule has 1 aliphatic rings. The van der Waals surface area contributed by atoms with Gasteiger partial charge in [0, 0.05) is 18.4 Å². The summed E-state index contributed by atoms with van der Waals surface area (Å²) in [5, 5.41) is 10.1. The molecule has 0 saturated carbocycles. The molecule has 2 nitrogen and oxygen atoms in total. The maximum Gasteiger partial charge on any atom is 0.125 e. The van der Waals surface area contributed by atoms with E-state index in [-0.39, 0.29) is 6.10 Å². The van der Waals surface area contributed by atoms with E-state index in [9.17, 15) is 5.11 Å². The van der Waals surface area contributed by atoms with Crippen molar-refractivity contribution in [3.05, 3.63) is 65.7 Å². The molecule has 3 rings (SSSR count). The van der Waals surface area contributed by atoms with Crippen LogP contribution in [-0.4, -0.2) is 11.2 Å². The van der Waals surface area contributed by atoms with Gasteiger partial charge in [0.2, 0.25) is 0 Å². The molecule has 2 atom stereocenters. The summed E-state index contributed by atoms with van der Waals surface area (Å²) in [4.78, 5) is 0. The summed E-state index contributed by atoms with van der Waals surface area (Å²) in [6.07, 6.45) is 1.14. The SMILES string of the molecule is O[C@H]1C[C@@H](Cc2ccccc2)Oc2ccccc21. The largest absolute Gasteiger partial charge is 0.490 e. The molecule has 2 heteroatoms. The van der Waals surface area contributed by atoms with E-state index in [1.54, 1.807) is 0 Å². The van der Waals surface area contributed by atoms with Gasteiger partial charge in [0.25, 0.3) is 0 Å². The van der Waals surface area contributed by atoms with E-state index in [4.69, 9.17) is 4.74 Å². The molecular weight excluding hydrogens is 224 g/mol. The van der Waals surface area contributed by atoms with Crippen molar-refractivity contribution >= 4 is 0 Å². The Hall–Kier alpha value is -1.80. The molecule has 0 radical (unpaired) electrons. The average molecular weight is 240 g/mol. The summed E-state index contributed by atoms with van der Waals surface area (Å²) in [5.74, 6) is 0.817. The Morgan fingerprint density at radius 3 is 2.56 bits per heavy atom. The lowest BCUT2D eigenvalue weighted by molar-refractivity contribution is 0.0663. The zero-order valence-corrected chi connectivity index (χ0v) is 10.1. The lowest BCUT2D eigenvalue weighted by atomic mass is 9.95. The quantitative estimate of drug-likeness (QED) is 0.874. The molecule has 1 aliphatic heterocycles. The first-order chi connectivity index (χ1) is 8.83. The molecule has 0 unspecified atom stereocenters. The molecular formula is C16H16O2. The molecule has 1 heterocycles. The highest BCUT2D eigenvalue weighted by Crippen LogP contribution is 2.35. The van der Waals surface area contributed by atoms with Gasteiger partial charge in [-0.15, -0.1) is 0 Å². The van der Waals surface area contributed by atoms with Crippen LogP contribution in [0.5, 0.6) is 5.75 Å². The van der Waals surface area contributed by atoms with E-state index in [0.29, 0.717) is 6.42 Å². The zero-order valence-electron chi connectivity index (χ0n) is 10.1. The minimum Gasteiger partial charge on any atom is -0.490 e. The first-order valence-electron chi connectivity index (χ1n) is 6.30. The second-order valence-electron chi connectivity index (χ2n) is 4.72. The summed E-state index contributed by atoms with van der Waals surface area (Å²) in [6, 6.07) is 18.0. The van der Waals surface area contributed by atoms with Crippen LogP contribution in [0.4, 0.5) is 0 Å². The van der Waals surface area contributed by atoms with Crippen LogP contribution in [0.1, 0.15) is 23.7 Å². The van der Waals surface area contributed by atoms with Crippen molar-refractivity contribution in [1.29, 1.82) is 0 Å². The van der Waals surface area contributed by atoms with Crippen LogP contribution < -0.4 is 4.74 Å². The number of aliphatic hydroxyl groups excluding tert-OH is 1. The van der Waals surface area contributed by atoms with Gasteiger partial charge in [-0.3, -0.25) is 0 Å². The summed E-state index contributed by atoms with van der Waals surface area (Å²) < 4.78 is 5.95. The number of para-hydroxylation sites is 1. The van der Waals surface area contributed by atoms with Crippen LogP contribution in [0.3, 0.4) is 0 Å². The van der Waals surface area contributed by atoms with E-state index < -0.39 is 6.10 Å². The van der Waals surface area contributed by atoms with Crippen LogP contribution in [0.15, 0.2) is 54.6 Å². The van der Waals surface area contributed by atoms with Crippen LogP contribution in [0.2, 0.25) is 0 Å². The van der Waals surface area contributed by atoms with Gasteiger partial charge >= 0.3 is 0 Å². The zero-order chi connectivity index (χ0) is 12.4. The number of hydrogen-bond acceptors (Lipinski definition) is 2. The minimum absolute atomic E-state index is 0.0531. The third kappa shape index (κ3) is 2.24. The van der Waals surface area contributed by atoms with Crippen molar-refractivity contribution in [2.75, 3.05) is 0 Å². The van der Waals surface area contributed by atoms with Crippen molar-refractivity contribution in [2.45, 2.75) is 25.0 Å². The highest BCUT2D eigenvalue weighted by atomic mass is 16.5. The lowest BCUT2D eigenvalue weighted by Crippen LogP contribution is -2.27. The van der Waals surface area contributed by atoms with Crippen LogP contribution in [-0.2, 0) is 6.42 Å². The Morgan fingerprint density at radius 1 is 1.00 bits per heavy atom. The molecule has 0 fully saturated rings. The molecule has 0 saturated heterocycles. The molecule has 0 amide bonds. The summed E-state index contributed by atoms with van der Waals surface area (Å²) in [7, 11) is 0. The van der Waals surface area contributed by atoms with Crippen LogP contribution >= 0.6 is 0 Å². The fourth-order valence-corrected chi connectivity index (χ4v) is 2.47. The second kappa shape index (κ2) is 4.83. The number of ether oxygens (including phenoxy) is 1. The van der Waals surface area contributed by atoms with Gasteiger partial charge < -0.3 is 9.84 Å². The van der Waals surface area contributed by atoms with E-state index in [2.05, 4.69) is 12.1 Å². The normalized spacial score (nSPS) is 22.1. The minimum atomic E-state index is -0.413. The molecule has 0 bridgehead atoms. The Morgan fingerprint density at radius 2 is 1.72 bits per heavy atom. The molecule has 2 aromatic carbocycles. The van der Waals surface area contributed by atoms with Crippen molar-refractivity contribution in [1.82, 2.24) is 0 Å². The first kappa shape index (κ1) is 11.3. The third-order valence-electron chi connectivity index (χ3n) is 3.36. The van der Waals surface area contributed by atoms with Gasteiger partial charge in [0.1, 0.15) is 11.9 Å². The Bertz CT molecular complexity index is 522. The second-order valence-corrected chi connectivity index (χ2v) is 4.72. The number of hydrogen-bond donors (Lipinski definition) is 1. The smallest absolute Gasteiger partial charge is 0.125 e. The average Bonchev–Trinajstić information content (AvgIpc) is 2.40. The Kier molecular flexibility index (Phi) is 3.03.